The van der Waals surface area contributed by atoms with E-state index in [0.717, 1.165) is 10.6 Å². The van der Waals surface area contributed by atoms with E-state index in [0.29, 0.717) is 21.5 Å². The summed E-state index contributed by atoms with van der Waals surface area (Å²) in [6, 6.07) is 16.9. The monoisotopic (exact) mass is 496 g/mol. The average Bonchev–Trinajstić information content (AvgIpc) is 2.74. The number of hydrogen-bond acceptors (Lipinski definition) is 4. The molecule has 0 bridgehead atoms. The number of hydrogen-bond donors (Lipinski definition) is 1. The van der Waals surface area contributed by atoms with Crippen LogP contribution in [0.1, 0.15) is 5.56 Å². The largest absolute Gasteiger partial charge is 0.484 e. The quantitative estimate of drug-likeness (QED) is 0.469. The summed E-state index contributed by atoms with van der Waals surface area (Å²) in [7, 11) is -3.68. The Morgan fingerprint density at radius 1 is 1.00 bits per heavy atom. The van der Waals surface area contributed by atoms with E-state index in [1.807, 2.05) is 0 Å². The summed E-state index contributed by atoms with van der Waals surface area (Å²) >= 11 is 12.1. The first-order valence-electron chi connectivity index (χ1n) is 9.33. The summed E-state index contributed by atoms with van der Waals surface area (Å²) in [5.74, 6) is -0.624. The Balaban J connectivity index is 1.67. The highest BCUT2D eigenvalue weighted by Crippen LogP contribution is 2.30. The van der Waals surface area contributed by atoms with Crippen molar-refractivity contribution < 1.29 is 22.3 Å². The second-order valence-electron chi connectivity index (χ2n) is 6.79. The molecule has 3 aromatic carbocycles. The number of nitrogens with zero attached hydrogens (tertiary/aromatic N) is 1. The molecule has 0 aliphatic carbocycles. The molecular weight excluding hydrogens is 478 g/mol. The maximum absolute atomic E-state index is 14.0. The zero-order valence-electron chi connectivity index (χ0n) is 16.9. The van der Waals surface area contributed by atoms with Gasteiger partial charge >= 0.3 is 0 Å². The number of carbonyl (C=O) groups excluding carboxylic acids is 1. The van der Waals surface area contributed by atoms with E-state index in [2.05, 4.69) is 5.32 Å². The van der Waals surface area contributed by atoms with Crippen molar-refractivity contribution in [3.63, 3.8) is 0 Å². The number of halogens is 3. The van der Waals surface area contributed by atoms with Crippen LogP contribution in [0.4, 0.5) is 15.8 Å². The van der Waals surface area contributed by atoms with E-state index in [1.54, 1.807) is 24.3 Å². The molecule has 32 heavy (non-hydrogen) atoms. The summed E-state index contributed by atoms with van der Waals surface area (Å²) < 4.78 is 45.1. The third-order valence-electron chi connectivity index (χ3n) is 4.39. The lowest BCUT2D eigenvalue weighted by Crippen LogP contribution is -2.29. The Kier molecular flexibility index (Phi) is 7.60. The van der Waals surface area contributed by atoms with Crippen molar-refractivity contribution in [2.45, 2.75) is 6.54 Å². The predicted octanol–water partition coefficient (Wildman–Crippen LogP) is 5.12. The number of benzene rings is 3. The third kappa shape index (κ3) is 6.12. The highest BCUT2D eigenvalue weighted by molar-refractivity contribution is 7.92. The minimum atomic E-state index is -3.68. The zero-order valence-corrected chi connectivity index (χ0v) is 19.2. The molecule has 0 saturated heterocycles. The SMILES string of the molecule is CS(=O)(=O)N(Cc1ccccc1F)c1ccc(OCC(=O)Nc2c(Cl)cccc2Cl)cc1. The number of sulfonamides is 1. The minimum absolute atomic E-state index is 0.160. The molecule has 0 heterocycles. The lowest BCUT2D eigenvalue weighted by Gasteiger charge is -2.23. The van der Waals surface area contributed by atoms with Gasteiger partial charge in [-0.1, -0.05) is 47.5 Å². The molecule has 0 fully saturated rings. The molecule has 6 nitrogen and oxygen atoms in total. The van der Waals surface area contributed by atoms with Crippen molar-refractivity contribution in [2.75, 3.05) is 22.5 Å². The fourth-order valence-corrected chi connectivity index (χ4v) is 4.20. The first-order valence-corrected chi connectivity index (χ1v) is 11.9. The smallest absolute Gasteiger partial charge is 0.262 e. The highest BCUT2D eigenvalue weighted by atomic mass is 35.5. The van der Waals surface area contributed by atoms with Gasteiger partial charge in [-0.3, -0.25) is 9.10 Å². The molecule has 1 amide bonds. The van der Waals surface area contributed by atoms with Crippen LogP contribution in [0.25, 0.3) is 0 Å². The number of carbonyl (C=O) groups is 1. The number of amides is 1. The Morgan fingerprint density at radius 2 is 1.62 bits per heavy atom. The normalized spacial score (nSPS) is 11.1. The van der Waals surface area contributed by atoms with Gasteiger partial charge in [0.25, 0.3) is 5.91 Å². The number of anilines is 2. The molecule has 3 rings (SSSR count). The van der Waals surface area contributed by atoms with Gasteiger partial charge in [0.1, 0.15) is 11.6 Å². The van der Waals surface area contributed by atoms with Crippen LogP contribution >= 0.6 is 23.2 Å². The van der Waals surface area contributed by atoms with Crippen molar-refractivity contribution in [3.05, 3.63) is 88.2 Å². The molecule has 168 valence electrons. The van der Waals surface area contributed by atoms with Crippen LogP contribution in [-0.4, -0.2) is 27.2 Å². The number of para-hydroxylation sites is 1. The lowest BCUT2D eigenvalue weighted by atomic mass is 10.2. The summed E-state index contributed by atoms with van der Waals surface area (Å²) in [5.41, 5.74) is 0.861. The second kappa shape index (κ2) is 10.2. The van der Waals surface area contributed by atoms with Gasteiger partial charge in [0, 0.05) is 5.56 Å². The van der Waals surface area contributed by atoms with Crippen LogP contribution in [-0.2, 0) is 21.4 Å². The molecule has 0 aliphatic heterocycles. The first kappa shape index (κ1) is 23.8. The van der Waals surface area contributed by atoms with Gasteiger partial charge < -0.3 is 10.1 Å². The molecule has 0 radical (unpaired) electrons. The highest BCUT2D eigenvalue weighted by Gasteiger charge is 2.19. The van der Waals surface area contributed by atoms with E-state index in [9.17, 15) is 17.6 Å². The maximum Gasteiger partial charge on any atom is 0.262 e. The minimum Gasteiger partial charge on any atom is -0.484 e. The maximum atomic E-state index is 14.0. The van der Waals surface area contributed by atoms with E-state index >= 15 is 0 Å². The van der Waals surface area contributed by atoms with E-state index in [4.69, 9.17) is 27.9 Å². The van der Waals surface area contributed by atoms with Crippen molar-refractivity contribution in [3.8, 4) is 5.75 Å². The summed E-state index contributed by atoms with van der Waals surface area (Å²) in [6.07, 6.45) is 1.04. The van der Waals surface area contributed by atoms with Gasteiger partial charge in [-0.2, -0.15) is 0 Å². The predicted molar refractivity (Wildman–Crippen MR) is 124 cm³/mol. The standard InChI is InChI=1S/C22H19Cl2FN2O4S/c1-32(29,30)27(13-15-5-2-3-8-20(15)25)16-9-11-17(12-10-16)31-14-21(28)26-22-18(23)6-4-7-19(22)24/h2-12H,13-14H2,1H3,(H,26,28). The van der Waals surface area contributed by atoms with E-state index in [-0.39, 0.29) is 24.4 Å². The fraction of sp³-hybridized carbons (Fsp3) is 0.136. The topological polar surface area (TPSA) is 75.7 Å². The molecule has 0 aliphatic rings. The molecule has 0 aromatic heterocycles. The van der Waals surface area contributed by atoms with Gasteiger partial charge in [-0.15, -0.1) is 0 Å². The average molecular weight is 497 g/mol. The molecule has 0 unspecified atom stereocenters. The van der Waals surface area contributed by atoms with Gasteiger partial charge in [-0.25, -0.2) is 12.8 Å². The van der Waals surface area contributed by atoms with Crippen molar-refractivity contribution in [2.24, 2.45) is 0 Å². The molecule has 0 atom stereocenters. The molecule has 0 spiro atoms. The molecule has 0 saturated carbocycles. The van der Waals surface area contributed by atoms with Crippen LogP contribution in [0.5, 0.6) is 5.75 Å². The van der Waals surface area contributed by atoms with Crippen LogP contribution in [0.2, 0.25) is 10.0 Å². The molecular formula is C22H19Cl2FN2O4S. The van der Waals surface area contributed by atoms with Gasteiger partial charge in [0.2, 0.25) is 10.0 Å². The molecule has 10 heteroatoms. The van der Waals surface area contributed by atoms with Crippen molar-refractivity contribution >= 4 is 50.5 Å². The molecule has 3 aromatic rings. The van der Waals surface area contributed by atoms with Crippen molar-refractivity contribution in [1.82, 2.24) is 0 Å². The van der Waals surface area contributed by atoms with Gasteiger partial charge in [-0.05, 0) is 42.5 Å². The van der Waals surface area contributed by atoms with Crippen LogP contribution < -0.4 is 14.4 Å². The summed E-state index contributed by atoms with van der Waals surface area (Å²) in [4.78, 5) is 12.2. The van der Waals surface area contributed by atoms with Crippen LogP contribution in [0.3, 0.4) is 0 Å². The summed E-state index contributed by atoms with van der Waals surface area (Å²) in [6.45, 7) is -0.474. The second-order valence-corrected chi connectivity index (χ2v) is 9.51. The number of rotatable bonds is 8. The first-order chi connectivity index (χ1) is 15.1. The van der Waals surface area contributed by atoms with Gasteiger partial charge in [0.15, 0.2) is 6.61 Å². The molecule has 1 N–H and O–H groups in total. The Hall–Kier alpha value is -2.81. The fourth-order valence-electron chi connectivity index (χ4n) is 2.83. The lowest BCUT2D eigenvalue weighted by molar-refractivity contribution is -0.118. The van der Waals surface area contributed by atoms with Gasteiger partial charge in [0.05, 0.1) is 34.2 Å². The van der Waals surface area contributed by atoms with E-state index in [1.165, 1.54) is 42.5 Å². The third-order valence-corrected chi connectivity index (χ3v) is 6.16. The zero-order chi connectivity index (χ0) is 23.3. The Morgan fingerprint density at radius 3 is 2.22 bits per heavy atom. The number of ether oxygens (including phenoxy) is 1. The van der Waals surface area contributed by atoms with Crippen molar-refractivity contribution in [1.29, 1.82) is 0 Å². The van der Waals surface area contributed by atoms with Crippen LogP contribution in [0, 0.1) is 5.82 Å². The number of nitrogens with one attached hydrogen (secondary N) is 1. The van der Waals surface area contributed by atoms with E-state index < -0.39 is 21.7 Å². The summed E-state index contributed by atoms with van der Waals surface area (Å²) in [5, 5.41) is 3.17. The Bertz CT molecular complexity index is 1200. The van der Waals surface area contributed by atoms with Crippen LogP contribution in [0.15, 0.2) is 66.7 Å². The Labute approximate surface area is 195 Å².